The summed E-state index contributed by atoms with van der Waals surface area (Å²) in [6.07, 6.45) is 5.25. The van der Waals surface area contributed by atoms with Crippen molar-refractivity contribution >= 4 is 44.1 Å². The Morgan fingerprint density at radius 2 is 1.87 bits per heavy atom. The van der Waals surface area contributed by atoms with Crippen LogP contribution in [-0.4, -0.2) is 40.9 Å². The molecule has 2 heterocycles. The predicted molar refractivity (Wildman–Crippen MR) is 170 cm³/mol. The number of ether oxygens (including phenoxy) is 1. The number of pyridine rings is 1. The first kappa shape index (κ1) is 31.9. The number of aromatic nitrogens is 3. The second kappa shape index (κ2) is 12.1. The SMILES string of the molecule is CC(C)n1nc(-c2ccc(NS(=O)(=O)c3ccccc3F)c(F)c2)c2c(N)ncc(C3=CCC(NC(=O)OC(C)(C)C)CC3)c21. The van der Waals surface area contributed by atoms with Gasteiger partial charge in [-0.15, -0.1) is 0 Å². The Balaban J connectivity index is 1.48. The third-order valence-corrected chi connectivity index (χ3v) is 8.73. The number of nitrogen functional groups attached to an aromatic ring is 1. The summed E-state index contributed by atoms with van der Waals surface area (Å²) in [4.78, 5) is 16.1. The smallest absolute Gasteiger partial charge is 0.407 e. The number of alkyl carbamates (subject to hydrolysis) is 1. The number of nitrogens with zero attached hydrogens (tertiary/aromatic N) is 3. The number of carbonyl (C=O) groups excluding carboxylic acids is 1. The number of fused-ring (bicyclic) bond motifs is 1. The van der Waals surface area contributed by atoms with Crippen LogP contribution < -0.4 is 15.8 Å². The molecular formula is C32H36F2N6O4S. The molecule has 1 amide bonds. The van der Waals surface area contributed by atoms with Crippen molar-refractivity contribution in [3.63, 3.8) is 0 Å². The van der Waals surface area contributed by atoms with Crippen LogP contribution in [0.5, 0.6) is 0 Å². The zero-order valence-electron chi connectivity index (χ0n) is 25.7. The van der Waals surface area contributed by atoms with Gasteiger partial charge in [-0.05, 0) is 83.7 Å². The summed E-state index contributed by atoms with van der Waals surface area (Å²) in [7, 11) is -4.38. The summed E-state index contributed by atoms with van der Waals surface area (Å²) in [5.74, 6) is -1.61. The lowest BCUT2D eigenvalue weighted by Gasteiger charge is -2.26. The Hall–Kier alpha value is -4.52. The van der Waals surface area contributed by atoms with Crippen molar-refractivity contribution in [1.29, 1.82) is 0 Å². The van der Waals surface area contributed by atoms with E-state index in [0.717, 1.165) is 34.9 Å². The number of sulfonamides is 1. The summed E-state index contributed by atoms with van der Waals surface area (Å²) < 4.78 is 64.4. The van der Waals surface area contributed by atoms with Gasteiger partial charge in [0.2, 0.25) is 0 Å². The highest BCUT2D eigenvalue weighted by molar-refractivity contribution is 7.92. The number of hydrogen-bond donors (Lipinski definition) is 3. The molecule has 0 radical (unpaired) electrons. The Morgan fingerprint density at radius 3 is 2.49 bits per heavy atom. The van der Waals surface area contributed by atoms with Gasteiger partial charge in [-0.2, -0.15) is 5.10 Å². The van der Waals surface area contributed by atoms with Crippen molar-refractivity contribution in [2.45, 2.75) is 76.5 Å². The summed E-state index contributed by atoms with van der Waals surface area (Å²) in [6, 6.07) is 8.62. The number of nitrogens with one attached hydrogen (secondary N) is 2. The van der Waals surface area contributed by atoms with E-state index in [1.165, 1.54) is 24.3 Å². The van der Waals surface area contributed by atoms with Crippen LogP contribution in [0.2, 0.25) is 0 Å². The minimum atomic E-state index is -4.38. The second-order valence-electron chi connectivity index (χ2n) is 12.2. The van der Waals surface area contributed by atoms with Crippen LogP contribution in [0.3, 0.4) is 0 Å². The van der Waals surface area contributed by atoms with Gasteiger partial charge in [0.15, 0.2) is 0 Å². The molecule has 4 N–H and O–H groups in total. The molecular weight excluding hydrogens is 602 g/mol. The van der Waals surface area contributed by atoms with Gasteiger partial charge in [0.05, 0.1) is 16.6 Å². The number of nitrogens with two attached hydrogens (primary N) is 1. The maximum atomic E-state index is 15.4. The monoisotopic (exact) mass is 638 g/mol. The number of hydrogen-bond acceptors (Lipinski definition) is 7. The van der Waals surface area contributed by atoms with Crippen LogP contribution in [0, 0.1) is 11.6 Å². The molecule has 0 spiro atoms. The van der Waals surface area contributed by atoms with Gasteiger partial charge in [0.25, 0.3) is 10.0 Å². The van der Waals surface area contributed by atoms with Crippen molar-refractivity contribution in [1.82, 2.24) is 20.1 Å². The van der Waals surface area contributed by atoms with Gasteiger partial charge >= 0.3 is 6.09 Å². The lowest BCUT2D eigenvalue weighted by Crippen LogP contribution is -2.39. The number of allylic oxidation sites excluding steroid dienone is 1. The standard InChI is InChI=1S/C32H36F2N6O4S/c1-18(2)40-29-22(19-10-13-21(14-11-19)37-31(41)44-32(3,4)5)17-36-30(35)27(29)28(38-40)20-12-15-25(24(34)16-20)39-45(42,43)26-9-7-6-8-23(26)33/h6-10,12,15-18,21,39H,11,13-14H2,1-5H3,(H2,35,36)(H,37,41). The Bertz CT molecular complexity index is 1910. The summed E-state index contributed by atoms with van der Waals surface area (Å²) in [5, 5.41) is 8.28. The summed E-state index contributed by atoms with van der Waals surface area (Å²) in [5.41, 5.74) is 8.79. The van der Waals surface area contributed by atoms with Crippen LogP contribution in [0.1, 0.15) is 65.5 Å². The molecule has 1 aliphatic rings. The fraction of sp³-hybridized carbons (Fsp3) is 0.344. The van der Waals surface area contributed by atoms with E-state index in [1.807, 2.05) is 39.3 Å². The fourth-order valence-corrected chi connectivity index (χ4v) is 6.44. The summed E-state index contributed by atoms with van der Waals surface area (Å²) in [6.45, 7) is 9.38. The number of halogens is 2. The first-order valence-corrected chi connectivity index (χ1v) is 16.1. The normalized spacial score (nSPS) is 15.6. The molecule has 0 fully saturated rings. The van der Waals surface area contributed by atoms with Crippen LogP contribution in [0.15, 0.2) is 59.6 Å². The quantitative estimate of drug-likeness (QED) is 0.202. The number of carbonyl (C=O) groups is 1. The molecule has 238 valence electrons. The molecule has 0 saturated carbocycles. The molecule has 1 aliphatic carbocycles. The van der Waals surface area contributed by atoms with Crippen molar-refractivity contribution in [3.8, 4) is 11.3 Å². The van der Waals surface area contributed by atoms with Gasteiger partial charge in [0.1, 0.15) is 33.6 Å². The van der Waals surface area contributed by atoms with E-state index in [9.17, 15) is 17.6 Å². The number of benzene rings is 2. The van der Waals surface area contributed by atoms with E-state index in [1.54, 1.807) is 6.20 Å². The maximum Gasteiger partial charge on any atom is 0.407 e. The van der Waals surface area contributed by atoms with E-state index in [0.29, 0.717) is 35.9 Å². The molecule has 2 aromatic carbocycles. The fourth-order valence-electron chi connectivity index (χ4n) is 5.30. The molecule has 1 atom stereocenters. The molecule has 13 heteroatoms. The van der Waals surface area contributed by atoms with Gasteiger partial charge in [-0.3, -0.25) is 9.40 Å². The van der Waals surface area contributed by atoms with Gasteiger partial charge in [0, 0.05) is 29.4 Å². The topological polar surface area (TPSA) is 141 Å². The van der Waals surface area contributed by atoms with Crippen molar-refractivity contribution in [2.24, 2.45) is 0 Å². The van der Waals surface area contributed by atoms with Crippen molar-refractivity contribution in [3.05, 3.63) is 71.9 Å². The highest BCUT2D eigenvalue weighted by atomic mass is 32.2. The molecule has 4 aromatic rings. The first-order valence-electron chi connectivity index (χ1n) is 14.6. The molecule has 10 nitrogen and oxygen atoms in total. The van der Waals surface area contributed by atoms with Crippen LogP contribution in [0.4, 0.5) is 25.1 Å². The van der Waals surface area contributed by atoms with Crippen molar-refractivity contribution < 1.29 is 26.7 Å². The zero-order valence-corrected chi connectivity index (χ0v) is 26.5. The Morgan fingerprint density at radius 1 is 1.13 bits per heavy atom. The van der Waals surface area contributed by atoms with E-state index in [4.69, 9.17) is 15.6 Å². The first-order chi connectivity index (χ1) is 21.1. The van der Waals surface area contributed by atoms with Crippen LogP contribution >= 0.6 is 0 Å². The molecule has 5 rings (SSSR count). The largest absolute Gasteiger partial charge is 0.444 e. The van der Waals surface area contributed by atoms with E-state index in [2.05, 4.69) is 21.1 Å². The van der Waals surface area contributed by atoms with Crippen molar-refractivity contribution in [2.75, 3.05) is 10.5 Å². The Kier molecular flexibility index (Phi) is 8.58. The average Bonchev–Trinajstić information content (AvgIpc) is 3.36. The average molecular weight is 639 g/mol. The molecule has 45 heavy (non-hydrogen) atoms. The minimum Gasteiger partial charge on any atom is -0.444 e. The second-order valence-corrected chi connectivity index (χ2v) is 13.9. The molecule has 0 saturated heterocycles. The Labute approximate surface area is 260 Å². The predicted octanol–water partition coefficient (Wildman–Crippen LogP) is 6.80. The van der Waals surface area contributed by atoms with Gasteiger partial charge < -0.3 is 15.8 Å². The lowest BCUT2D eigenvalue weighted by atomic mass is 9.90. The third kappa shape index (κ3) is 6.77. The zero-order chi connectivity index (χ0) is 32.7. The summed E-state index contributed by atoms with van der Waals surface area (Å²) >= 11 is 0. The van der Waals surface area contributed by atoms with E-state index in [-0.39, 0.29) is 23.6 Å². The lowest BCUT2D eigenvalue weighted by molar-refractivity contribution is 0.0502. The molecule has 0 bridgehead atoms. The number of amides is 1. The van der Waals surface area contributed by atoms with Gasteiger partial charge in [-0.25, -0.2) is 27.0 Å². The van der Waals surface area contributed by atoms with E-state index < -0.39 is 38.2 Å². The highest BCUT2D eigenvalue weighted by Crippen LogP contribution is 2.40. The molecule has 0 aliphatic heterocycles. The van der Waals surface area contributed by atoms with Gasteiger partial charge in [-0.1, -0.05) is 24.3 Å². The number of anilines is 2. The van der Waals surface area contributed by atoms with Crippen LogP contribution in [0.25, 0.3) is 27.7 Å². The minimum absolute atomic E-state index is 0.0799. The molecule has 2 aromatic heterocycles. The number of rotatable bonds is 7. The highest BCUT2D eigenvalue weighted by Gasteiger charge is 2.27. The van der Waals surface area contributed by atoms with Crippen LogP contribution in [-0.2, 0) is 14.8 Å². The third-order valence-electron chi connectivity index (χ3n) is 7.33. The van der Waals surface area contributed by atoms with E-state index >= 15 is 4.39 Å². The maximum absolute atomic E-state index is 15.4. The molecule has 1 unspecified atom stereocenters.